The van der Waals surface area contributed by atoms with Crippen molar-refractivity contribution >= 4 is 5.97 Å². The van der Waals surface area contributed by atoms with Gasteiger partial charge in [-0.15, -0.1) is 0 Å². The molecule has 0 aromatic carbocycles. The van der Waals surface area contributed by atoms with E-state index in [1.807, 2.05) is 13.8 Å². The summed E-state index contributed by atoms with van der Waals surface area (Å²) in [5.41, 5.74) is 0. The first-order valence-corrected chi connectivity index (χ1v) is 5.49. The second kappa shape index (κ2) is 5.35. The molecule has 1 aliphatic rings. The van der Waals surface area contributed by atoms with Gasteiger partial charge in [0.05, 0.1) is 18.6 Å². The van der Waals surface area contributed by atoms with Crippen LogP contribution in [-0.2, 0) is 9.53 Å². The van der Waals surface area contributed by atoms with Gasteiger partial charge in [-0.1, -0.05) is 6.92 Å². The van der Waals surface area contributed by atoms with Crippen molar-refractivity contribution in [1.82, 2.24) is 0 Å². The van der Waals surface area contributed by atoms with Crippen molar-refractivity contribution < 1.29 is 14.6 Å². The summed E-state index contributed by atoms with van der Waals surface area (Å²) in [4.78, 5) is 11.4. The van der Waals surface area contributed by atoms with Crippen molar-refractivity contribution in [2.75, 3.05) is 6.61 Å². The molecule has 0 heterocycles. The minimum absolute atomic E-state index is 0.0116. The number of aliphatic hydroxyl groups is 1. The fraction of sp³-hybridized carbons (Fsp3) is 0.909. The summed E-state index contributed by atoms with van der Waals surface area (Å²) in [5, 5.41) is 9.33. The van der Waals surface area contributed by atoms with E-state index in [0.29, 0.717) is 12.5 Å². The Bertz CT molecular complexity index is 183. The molecule has 0 radical (unpaired) electrons. The lowest BCUT2D eigenvalue weighted by atomic mass is 9.80. The van der Waals surface area contributed by atoms with Crippen molar-refractivity contribution in [3.63, 3.8) is 0 Å². The molecular weight excluding hydrogens is 180 g/mol. The first-order chi connectivity index (χ1) is 6.65. The first kappa shape index (κ1) is 11.5. The van der Waals surface area contributed by atoms with Crippen LogP contribution in [0.25, 0.3) is 0 Å². The van der Waals surface area contributed by atoms with E-state index in [2.05, 4.69) is 0 Å². The first-order valence-electron chi connectivity index (χ1n) is 5.49. The molecule has 0 aromatic rings. The molecule has 3 nitrogen and oxygen atoms in total. The van der Waals surface area contributed by atoms with E-state index in [4.69, 9.17) is 4.74 Å². The molecule has 1 aliphatic carbocycles. The molecule has 0 aliphatic heterocycles. The Labute approximate surface area is 85.5 Å². The summed E-state index contributed by atoms with van der Waals surface area (Å²) in [5.74, 6) is 0.300. The van der Waals surface area contributed by atoms with Crippen molar-refractivity contribution in [2.45, 2.75) is 45.6 Å². The maximum atomic E-state index is 11.4. The van der Waals surface area contributed by atoms with E-state index in [1.54, 1.807) is 0 Å². The summed E-state index contributed by atoms with van der Waals surface area (Å²) in [6, 6.07) is 0. The maximum absolute atomic E-state index is 11.4. The van der Waals surface area contributed by atoms with Gasteiger partial charge in [-0.05, 0) is 38.5 Å². The number of ether oxygens (including phenoxy) is 1. The molecule has 1 rings (SSSR count). The van der Waals surface area contributed by atoms with Gasteiger partial charge in [0.25, 0.3) is 0 Å². The molecule has 1 fully saturated rings. The molecule has 0 spiro atoms. The van der Waals surface area contributed by atoms with E-state index >= 15 is 0 Å². The zero-order chi connectivity index (χ0) is 10.6. The highest BCUT2D eigenvalue weighted by Crippen LogP contribution is 2.30. The van der Waals surface area contributed by atoms with Crippen LogP contribution < -0.4 is 0 Å². The van der Waals surface area contributed by atoms with Gasteiger partial charge in [-0.2, -0.15) is 0 Å². The molecule has 1 atom stereocenters. The fourth-order valence-corrected chi connectivity index (χ4v) is 2.07. The van der Waals surface area contributed by atoms with Crippen LogP contribution in [0.4, 0.5) is 0 Å². The molecule has 3 heteroatoms. The maximum Gasteiger partial charge on any atom is 0.308 e. The quantitative estimate of drug-likeness (QED) is 0.706. The number of hydrogen-bond acceptors (Lipinski definition) is 3. The average Bonchev–Trinajstić information content (AvgIpc) is 2.18. The largest absolute Gasteiger partial charge is 0.466 e. The molecule has 0 amide bonds. The normalized spacial score (nSPS) is 29.6. The topological polar surface area (TPSA) is 46.5 Å². The minimum Gasteiger partial charge on any atom is -0.466 e. The van der Waals surface area contributed by atoms with Crippen LogP contribution in [0.5, 0.6) is 0 Å². The van der Waals surface area contributed by atoms with Gasteiger partial charge in [0.15, 0.2) is 0 Å². The van der Waals surface area contributed by atoms with Gasteiger partial charge in [0, 0.05) is 0 Å². The fourth-order valence-electron chi connectivity index (χ4n) is 2.07. The Balaban J connectivity index is 2.37. The second-order valence-electron chi connectivity index (χ2n) is 4.11. The third-order valence-corrected chi connectivity index (χ3v) is 3.11. The van der Waals surface area contributed by atoms with Gasteiger partial charge >= 0.3 is 5.97 Å². The van der Waals surface area contributed by atoms with Gasteiger partial charge in [0.2, 0.25) is 0 Å². The van der Waals surface area contributed by atoms with Crippen LogP contribution in [0.1, 0.15) is 39.5 Å². The van der Waals surface area contributed by atoms with Crippen LogP contribution in [0.15, 0.2) is 0 Å². The van der Waals surface area contributed by atoms with Crippen LogP contribution in [0.3, 0.4) is 0 Å². The summed E-state index contributed by atoms with van der Waals surface area (Å²) < 4.78 is 4.98. The summed E-state index contributed by atoms with van der Waals surface area (Å²) >= 11 is 0. The predicted molar refractivity (Wildman–Crippen MR) is 53.8 cm³/mol. The number of esters is 1. The molecule has 1 N–H and O–H groups in total. The van der Waals surface area contributed by atoms with Crippen LogP contribution >= 0.6 is 0 Å². The van der Waals surface area contributed by atoms with E-state index in [0.717, 1.165) is 25.7 Å². The predicted octanol–water partition coefficient (Wildman–Crippen LogP) is 1.74. The highest BCUT2D eigenvalue weighted by molar-refractivity contribution is 5.72. The van der Waals surface area contributed by atoms with Crippen molar-refractivity contribution in [1.29, 1.82) is 0 Å². The Kier molecular flexibility index (Phi) is 4.39. The van der Waals surface area contributed by atoms with Crippen molar-refractivity contribution in [2.24, 2.45) is 11.8 Å². The molecule has 1 unspecified atom stereocenters. The zero-order valence-corrected chi connectivity index (χ0v) is 9.03. The van der Waals surface area contributed by atoms with Crippen molar-refractivity contribution in [3.05, 3.63) is 0 Å². The second-order valence-corrected chi connectivity index (χ2v) is 4.11. The van der Waals surface area contributed by atoms with E-state index in [-0.39, 0.29) is 18.0 Å². The lowest BCUT2D eigenvalue weighted by Crippen LogP contribution is -2.28. The third kappa shape index (κ3) is 2.98. The van der Waals surface area contributed by atoms with Gasteiger partial charge < -0.3 is 9.84 Å². The van der Waals surface area contributed by atoms with E-state index in [9.17, 15) is 9.90 Å². The number of hydrogen-bond donors (Lipinski definition) is 1. The van der Waals surface area contributed by atoms with Gasteiger partial charge in [-0.3, -0.25) is 4.79 Å². The summed E-state index contributed by atoms with van der Waals surface area (Å²) in [6.07, 6.45) is 3.39. The smallest absolute Gasteiger partial charge is 0.308 e. The highest BCUT2D eigenvalue weighted by atomic mass is 16.5. The molecule has 82 valence electrons. The Hall–Kier alpha value is -0.570. The minimum atomic E-state index is -0.152. The van der Waals surface area contributed by atoms with Gasteiger partial charge in [0.1, 0.15) is 0 Å². The Morgan fingerprint density at radius 2 is 2.00 bits per heavy atom. The van der Waals surface area contributed by atoms with Crippen LogP contribution in [0, 0.1) is 11.8 Å². The monoisotopic (exact) mass is 200 g/mol. The summed E-state index contributed by atoms with van der Waals surface area (Å²) in [7, 11) is 0. The molecule has 0 bridgehead atoms. The number of carbonyl (C=O) groups is 1. The lowest BCUT2D eigenvalue weighted by molar-refractivity contribution is -0.150. The molecule has 1 saturated carbocycles. The molecule has 0 aromatic heterocycles. The third-order valence-electron chi connectivity index (χ3n) is 3.11. The highest BCUT2D eigenvalue weighted by Gasteiger charge is 2.28. The average molecular weight is 200 g/mol. The number of carbonyl (C=O) groups excluding carboxylic acids is 1. The Morgan fingerprint density at radius 3 is 2.50 bits per heavy atom. The molecular formula is C11H20O3. The number of rotatable bonds is 3. The van der Waals surface area contributed by atoms with E-state index in [1.165, 1.54) is 0 Å². The molecule has 0 saturated heterocycles. The standard InChI is InChI=1S/C11H20O3/c1-3-14-11(13)8(2)9-4-6-10(12)7-5-9/h8-10,12H,3-7H2,1-2H3/t8?,9-,10-. The Morgan fingerprint density at radius 1 is 1.43 bits per heavy atom. The summed E-state index contributed by atoms with van der Waals surface area (Å²) in [6.45, 7) is 4.22. The number of aliphatic hydroxyl groups excluding tert-OH is 1. The molecule has 14 heavy (non-hydrogen) atoms. The SMILES string of the molecule is CCOC(=O)C(C)[C@H]1CC[C@H](O)CC1. The van der Waals surface area contributed by atoms with E-state index < -0.39 is 0 Å². The lowest BCUT2D eigenvalue weighted by Gasteiger charge is -2.28. The zero-order valence-electron chi connectivity index (χ0n) is 9.03. The van der Waals surface area contributed by atoms with Gasteiger partial charge in [-0.25, -0.2) is 0 Å². The van der Waals surface area contributed by atoms with Crippen LogP contribution in [0.2, 0.25) is 0 Å². The van der Waals surface area contributed by atoms with Crippen molar-refractivity contribution in [3.8, 4) is 0 Å². The van der Waals surface area contributed by atoms with Crippen LogP contribution in [-0.4, -0.2) is 23.8 Å².